The molecule has 104 valence electrons. The van der Waals surface area contributed by atoms with Crippen molar-refractivity contribution in [3.63, 3.8) is 0 Å². The first-order valence-electron chi connectivity index (χ1n) is 7.12. The molecule has 2 aromatic rings. The van der Waals surface area contributed by atoms with Crippen LogP contribution in [0.4, 0.5) is 0 Å². The Labute approximate surface area is 118 Å². The van der Waals surface area contributed by atoms with Gasteiger partial charge in [-0.15, -0.1) is 0 Å². The Morgan fingerprint density at radius 3 is 2.45 bits per heavy atom. The van der Waals surface area contributed by atoms with Crippen molar-refractivity contribution in [2.75, 3.05) is 13.1 Å². The average Bonchev–Trinajstić information content (AvgIpc) is 2.92. The van der Waals surface area contributed by atoms with E-state index in [1.165, 1.54) is 10.9 Å². The molecule has 1 N–H and O–H groups in total. The number of likely N-dealkylation sites (tertiary alicyclic amines) is 1. The predicted octanol–water partition coefficient (Wildman–Crippen LogP) is 3.37. The van der Waals surface area contributed by atoms with Gasteiger partial charge in [0.2, 0.25) is 0 Å². The summed E-state index contributed by atoms with van der Waals surface area (Å²) in [7, 11) is 0. The highest BCUT2D eigenvalue weighted by Crippen LogP contribution is 2.28. The van der Waals surface area contributed by atoms with Gasteiger partial charge in [-0.1, -0.05) is 35.9 Å². The zero-order chi connectivity index (χ0) is 14.1. The fourth-order valence-electron chi connectivity index (χ4n) is 3.06. The standard InChI is InChI=1S/C17H19NO2/c1-12-4-5-14-11-15(7-6-13(14)10-12)16(17(19)20)18-8-2-3-9-18/h4-7,10-11,16H,2-3,8-9H2,1H3,(H,19,20). The Morgan fingerprint density at radius 1 is 1.10 bits per heavy atom. The van der Waals surface area contributed by atoms with E-state index in [-0.39, 0.29) is 0 Å². The maximum Gasteiger partial charge on any atom is 0.325 e. The molecule has 3 heteroatoms. The van der Waals surface area contributed by atoms with Gasteiger partial charge in [-0.05, 0) is 55.3 Å². The van der Waals surface area contributed by atoms with Gasteiger partial charge in [0.15, 0.2) is 0 Å². The normalized spacial score (nSPS) is 17.4. The van der Waals surface area contributed by atoms with Crippen LogP contribution in [-0.2, 0) is 4.79 Å². The summed E-state index contributed by atoms with van der Waals surface area (Å²) in [5.41, 5.74) is 2.11. The second-order valence-corrected chi connectivity index (χ2v) is 5.59. The summed E-state index contributed by atoms with van der Waals surface area (Å²) in [6.45, 7) is 3.82. The number of carboxylic acids is 1. The van der Waals surface area contributed by atoms with E-state index in [1.54, 1.807) is 0 Å². The van der Waals surface area contributed by atoms with E-state index in [1.807, 2.05) is 18.2 Å². The van der Waals surface area contributed by atoms with Gasteiger partial charge in [-0.3, -0.25) is 9.69 Å². The van der Waals surface area contributed by atoms with Gasteiger partial charge < -0.3 is 5.11 Å². The molecule has 0 saturated carbocycles. The van der Waals surface area contributed by atoms with Crippen LogP contribution in [0.15, 0.2) is 36.4 Å². The van der Waals surface area contributed by atoms with Gasteiger partial charge in [0.05, 0.1) is 0 Å². The van der Waals surface area contributed by atoms with Crippen LogP contribution in [0.3, 0.4) is 0 Å². The highest BCUT2D eigenvalue weighted by atomic mass is 16.4. The van der Waals surface area contributed by atoms with Gasteiger partial charge in [0.1, 0.15) is 6.04 Å². The Balaban J connectivity index is 2.02. The minimum Gasteiger partial charge on any atom is -0.480 e. The molecule has 1 heterocycles. The van der Waals surface area contributed by atoms with Crippen LogP contribution in [0.2, 0.25) is 0 Å². The molecule has 0 spiro atoms. The van der Waals surface area contributed by atoms with E-state index in [2.05, 4.69) is 30.0 Å². The number of benzene rings is 2. The lowest BCUT2D eigenvalue weighted by Gasteiger charge is -2.24. The fraction of sp³-hybridized carbons (Fsp3) is 0.353. The van der Waals surface area contributed by atoms with Crippen LogP contribution in [-0.4, -0.2) is 29.1 Å². The Morgan fingerprint density at radius 2 is 1.75 bits per heavy atom. The molecule has 1 atom stereocenters. The summed E-state index contributed by atoms with van der Waals surface area (Å²) in [6.07, 6.45) is 2.19. The van der Waals surface area contributed by atoms with E-state index in [9.17, 15) is 9.90 Å². The topological polar surface area (TPSA) is 40.5 Å². The molecule has 20 heavy (non-hydrogen) atoms. The minimum atomic E-state index is -0.752. The van der Waals surface area contributed by atoms with Gasteiger partial charge in [-0.2, -0.15) is 0 Å². The number of nitrogens with zero attached hydrogens (tertiary/aromatic N) is 1. The van der Waals surface area contributed by atoms with Crippen LogP contribution in [0, 0.1) is 6.92 Å². The van der Waals surface area contributed by atoms with E-state index in [4.69, 9.17) is 0 Å². The molecular formula is C17H19NO2. The van der Waals surface area contributed by atoms with Crippen molar-refractivity contribution in [3.8, 4) is 0 Å². The first kappa shape index (κ1) is 13.1. The van der Waals surface area contributed by atoms with E-state index >= 15 is 0 Å². The van der Waals surface area contributed by atoms with Crippen molar-refractivity contribution in [2.45, 2.75) is 25.8 Å². The lowest BCUT2D eigenvalue weighted by atomic mass is 10.00. The van der Waals surface area contributed by atoms with Crippen LogP contribution >= 0.6 is 0 Å². The average molecular weight is 269 g/mol. The molecule has 0 bridgehead atoms. The van der Waals surface area contributed by atoms with Crippen molar-refractivity contribution in [2.24, 2.45) is 0 Å². The minimum absolute atomic E-state index is 0.511. The van der Waals surface area contributed by atoms with Crippen molar-refractivity contribution in [1.82, 2.24) is 4.90 Å². The largest absolute Gasteiger partial charge is 0.480 e. The van der Waals surface area contributed by atoms with Crippen molar-refractivity contribution in [3.05, 3.63) is 47.5 Å². The molecule has 2 aromatic carbocycles. The summed E-state index contributed by atoms with van der Waals surface area (Å²) in [4.78, 5) is 13.7. The fourth-order valence-corrected chi connectivity index (χ4v) is 3.06. The molecule has 3 rings (SSSR count). The predicted molar refractivity (Wildman–Crippen MR) is 79.9 cm³/mol. The quantitative estimate of drug-likeness (QED) is 0.928. The Kier molecular flexibility index (Phi) is 3.45. The third-order valence-electron chi connectivity index (χ3n) is 4.08. The lowest BCUT2D eigenvalue weighted by Crippen LogP contribution is -2.31. The smallest absolute Gasteiger partial charge is 0.325 e. The summed E-state index contributed by atoms with van der Waals surface area (Å²) < 4.78 is 0. The SMILES string of the molecule is Cc1ccc2cc(C(C(=O)O)N3CCCC3)ccc2c1. The maximum atomic E-state index is 11.6. The zero-order valence-corrected chi connectivity index (χ0v) is 11.7. The summed E-state index contributed by atoms with van der Waals surface area (Å²) in [6, 6.07) is 11.8. The highest BCUT2D eigenvalue weighted by Gasteiger charge is 2.29. The van der Waals surface area contributed by atoms with Crippen LogP contribution in [0.25, 0.3) is 10.8 Å². The molecule has 0 radical (unpaired) electrons. The molecule has 1 saturated heterocycles. The third kappa shape index (κ3) is 2.41. The number of aliphatic carboxylic acids is 1. The number of rotatable bonds is 3. The number of aryl methyl sites for hydroxylation is 1. The van der Waals surface area contributed by atoms with Gasteiger partial charge in [0, 0.05) is 0 Å². The first-order chi connectivity index (χ1) is 9.65. The summed E-state index contributed by atoms with van der Waals surface area (Å²) in [5, 5.41) is 11.8. The molecule has 1 aliphatic heterocycles. The second-order valence-electron chi connectivity index (χ2n) is 5.59. The van der Waals surface area contributed by atoms with Gasteiger partial charge in [-0.25, -0.2) is 0 Å². The van der Waals surface area contributed by atoms with Crippen LogP contribution < -0.4 is 0 Å². The van der Waals surface area contributed by atoms with Gasteiger partial charge in [0.25, 0.3) is 0 Å². The van der Waals surface area contributed by atoms with Crippen molar-refractivity contribution < 1.29 is 9.90 Å². The monoisotopic (exact) mass is 269 g/mol. The summed E-state index contributed by atoms with van der Waals surface area (Å²) in [5.74, 6) is -0.752. The van der Waals surface area contributed by atoms with Gasteiger partial charge >= 0.3 is 5.97 Å². The van der Waals surface area contributed by atoms with Crippen LogP contribution in [0.5, 0.6) is 0 Å². The maximum absolute atomic E-state index is 11.6. The number of carbonyl (C=O) groups is 1. The first-order valence-corrected chi connectivity index (χ1v) is 7.12. The number of fused-ring (bicyclic) bond motifs is 1. The van der Waals surface area contributed by atoms with Crippen molar-refractivity contribution in [1.29, 1.82) is 0 Å². The molecule has 1 unspecified atom stereocenters. The van der Waals surface area contributed by atoms with E-state index in [0.29, 0.717) is 0 Å². The molecule has 0 aromatic heterocycles. The van der Waals surface area contributed by atoms with Crippen molar-refractivity contribution >= 4 is 16.7 Å². The lowest BCUT2D eigenvalue weighted by molar-refractivity contribution is -0.143. The molecule has 1 fully saturated rings. The Hall–Kier alpha value is -1.87. The third-order valence-corrected chi connectivity index (χ3v) is 4.08. The second kappa shape index (κ2) is 5.25. The molecule has 0 aliphatic carbocycles. The molecular weight excluding hydrogens is 250 g/mol. The van der Waals surface area contributed by atoms with E-state index < -0.39 is 12.0 Å². The summed E-state index contributed by atoms with van der Waals surface area (Å²) >= 11 is 0. The zero-order valence-electron chi connectivity index (χ0n) is 11.7. The highest BCUT2D eigenvalue weighted by molar-refractivity contribution is 5.85. The van der Waals surface area contributed by atoms with E-state index in [0.717, 1.165) is 36.9 Å². The molecule has 0 amide bonds. The Bertz CT molecular complexity index is 644. The number of carboxylic acid groups (broad SMARTS) is 1. The number of hydrogen-bond acceptors (Lipinski definition) is 2. The molecule has 1 aliphatic rings. The number of hydrogen-bond donors (Lipinski definition) is 1. The molecule has 3 nitrogen and oxygen atoms in total. The van der Waals surface area contributed by atoms with Crippen LogP contribution in [0.1, 0.15) is 30.0 Å².